The Bertz CT molecular complexity index is 810. The van der Waals surface area contributed by atoms with Crippen LogP contribution in [-0.2, 0) is 4.84 Å². The maximum absolute atomic E-state index is 5.70. The van der Waals surface area contributed by atoms with Crippen molar-refractivity contribution in [2.45, 2.75) is 13.2 Å². The Morgan fingerprint density at radius 2 is 1.32 bits per heavy atom. The molecule has 0 amide bonds. The highest BCUT2D eigenvalue weighted by Crippen LogP contribution is 2.15. The molecule has 112 valence electrons. The van der Waals surface area contributed by atoms with Crippen LogP contribution in [0.5, 0.6) is 0 Å². The molecule has 0 bridgehead atoms. The van der Waals surface area contributed by atoms with E-state index in [9.17, 15) is 0 Å². The van der Waals surface area contributed by atoms with E-state index in [0.29, 0.717) is 0 Å². The summed E-state index contributed by atoms with van der Waals surface area (Å²) in [5, 5.41) is 9.85. The van der Waals surface area contributed by atoms with Crippen molar-refractivity contribution in [1.82, 2.24) is 4.90 Å². The number of benzene rings is 2. The molecule has 0 aliphatic carbocycles. The fraction of sp³-hybridized carbons (Fsp3) is 0.211. The third kappa shape index (κ3) is 2.81. The van der Waals surface area contributed by atoms with Gasteiger partial charge < -0.3 is 4.84 Å². The van der Waals surface area contributed by atoms with E-state index >= 15 is 0 Å². The van der Waals surface area contributed by atoms with Crippen molar-refractivity contribution in [1.29, 1.82) is 0 Å². The Balaban J connectivity index is 2.34. The molecule has 0 fully saturated rings. The van der Waals surface area contributed by atoms with Crippen molar-refractivity contribution in [3.63, 3.8) is 0 Å². The van der Waals surface area contributed by atoms with E-state index in [1.54, 1.807) is 0 Å². The molecule has 3 aromatic carbocycles. The Morgan fingerprint density at radius 1 is 0.818 bits per heavy atom. The zero-order valence-electron chi connectivity index (χ0n) is 13.2. The van der Waals surface area contributed by atoms with Gasteiger partial charge in [-0.3, -0.25) is 4.90 Å². The SMILES string of the molecule is CC(ON=c1c2ccccc2ccc2ccccc12)N(C)C. The first kappa shape index (κ1) is 14.5. The summed E-state index contributed by atoms with van der Waals surface area (Å²) in [7, 11) is 3.95. The largest absolute Gasteiger partial charge is 0.376 e. The maximum Gasteiger partial charge on any atom is 0.177 e. The van der Waals surface area contributed by atoms with Gasteiger partial charge in [-0.2, -0.15) is 0 Å². The molecule has 0 aliphatic heterocycles. The molecule has 0 spiro atoms. The van der Waals surface area contributed by atoms with Gasteiger partial charge in [0, 0.05) is 10.8 Å². The first-order valence-corrected chi connectivity index (χ1v) is 7.44. The van der Waals surface area contributed by atoms with Crippen LogP contribution in [0, 0.1) is 0 Å². The molecule has 3 nitrogen and oxygen atoms in total. The summed E-state index contributed by atoms with van der Waals surface area (Å²) in [6.07, 6.45) is -0.0805. The minimum atomic E-state index is -0.0805. The second kappa shape index (κ2) is 6.16. The van der Waals surface area contributed by atoms with Gasteiger partial charge in [0.05, 0.1) is 0 Å². The Morgan fingerprint density at radius 3 is 1.82 bits per heavy atom. The average Bonchev–Trinajstić information content (AvgIpc) is 2.69. The van der Waals surface area contributed by atoms with E-state index in [0.717, 1.165) is 26.9 Å². The molecule has 0 saturated heterocycles. The first-order chi connectivity index (χ1) is 10.7. The van der Waals surface area contributed by atoms with Gasteiger partial charge in [0.15, 0.2) is 6.23 Å². The van der Waals surface area contributed by atoms with Gasteiger partial charge in [-0.15, -0.1) is 0 Å². The lowest BCUT2D eigenvalue weighted by Crippen LogP contribution is -2.26. The van der Waals surface area contributed by atoms with Crippen molar-refractivity contribution in [3.8, 4) is 0 Å². The minimum absolute atomic E-state index is 0.0805. The lowest BCUT2D eigenvalue weighted by molar-refractivity contribution is -0.0251. The highest BCUT2D eigenvalue weighted by molar-refractivity contribution is 5.92. The molecule has 3 aromatic rings. The molecule has 3 rings (SSSR count). The lowest BCUT2D eigenvalue weighted by atomic mass is 10.1. The normalized spacial score (nSPS) is 12.5. The van der Waals surface area contributed by atoms with E-state index in [1.165, 1.54) is 0 Å². The molecule has 0 saturated carbocycles. The summed E-state index contributed by atoms with van der Waals surface area (Å²) >= 11 is 0. The molecule has 3 heteroatoms. The number of hydrogen-bond acceptors (Lipinski definition) is 3. The van der Waals surface area contributed by atoms with Gasteiger partial charge >= 0.3 is 0 Å². The summed E-state index contributed by atoms with van der Waals surface area (Å²) in [5.74, 6) is 0. The van der Waals surface area contributed by atoms with Crippen LogP contribution in [0.4, 0.5) is 0 Å². The summed E-state index contributed by atoms with van der Waals surface area (Å²) in [6, 6.07) is 20.8. The zero-order valence-corrected chi connectivity index (χ0v) is 13.2. The Hall–Kier alpha value is -2.39. The fourth-order valence-corrected chi connectivity index (χ4v) is 2.36. The van der Waals surface area contributed by atoms with Gasteiger partial charge in [0.25, 0.3) is 0 Å². The number of rotatable bonds is 3. The monoisotopic (exact) mass is 292 g/mol. The Kier molecular flexibility index (Phi) is 4.07. The fourth-order valence-electron chi connectivity index (χ4n) is 2.36. The number of hydrogen-bond donors (Lipinski definition) is 0. The van der Waals surface area contributed by atoms with Crippen LogP contribution in [0.2, 0.25) is 0 Å². The standard InChI is InChI=1S/C19H20N2O/c1-14(21(2)3)22-20-19-17-10-6-4-8-15(17)12-13-16-9-5-7-11-18(16)19/h4-14H,1-3H3. The molecule has 22 heavy (non-hydrogen) atoms. The molecule has 0 heterocycles. The highest BCUT2D eigenvalue weighted by atomic mass is 16.6. The molecule has 0 aromatic heterocycles. The van der Waals surface area contributed by atoms with E-state index < -0.39 is 0 Å². The maximum atomic E-state index is 5.70. The number of fused-ring (bicyclic) bond motifs is 2. The summed E-state index contributed by atoms with van der Waals surface area (Å²) in [5.41, 5.74) is 0. The lowest BCUT2D eigenvalue weighted by Gasteiger charge is -2.16. The second-order valence-electron chi connectivity index (χ2n) is 5.62. The summed E-state index contributed by atoms with van der Waals surface area (Å²) < 4.78 is 0. The van der Waals surface area contributed by atoms with Crippen molar-refractivity contribution in [2.75, 3.05) is 14.1 Å². The van der Waals surface area contributed by atoms with Gasteiger partial charge in [-0.25, -0.2) is 0 Å². The van der Waals surface area contributed by atoms with Crippen LogP contribution in [0.3, 0.4) is 0 Å². The summed E-state index contributed by atoms with van der Waals surface area (Å²) in [6.45, 7) is 1.98. The van der Waals surface area contributed by atoms with Crippen molar-refractivity contribution in [2.24, 2.45) is 5.16 Å². The topological polar surface area (TPSA) is 24.8 Å². The minimum Gasteiger partial charge on any atom is -0.376 e. The predicted octanol–water partition coefficient (Wildman–Crippen LogP) is 3.73. The van der Waals surface area contributed by atoms with Gasteiger partial charge in [0.2, 0.25) is 0 Å². The van der Waals surface area contributed by atoms with Crippen LogP contribution < -0.4 is 5.36 Å². The number of nitrogens with zero attached hydrogens (tertiary/aromatic N) is 2. The van der Waals surface area contributed by atoms with Crippen LogP contribution in [-0.4, -0.2) is 25.2 Å². The molecule has 1 unspecified atom stereocenters. The smallest absolute Gasteiger partial charge is 0.177 e. The van der Waals surface area contributed by atoms with Crippen molar-refractivity contribution in [3.05, 3.63) is 66.0 Å². The van der Waals surface area contributed by atoms with Crippen molar-refractivity contribution >= 4 is 21.5 Å². The third-order valence-electron chi connectivity index (χ3n) is 3.90. The van der Waals surface area contributed by atoms with Crippen LogP contribution in [0.15, 0.2) is 65.8 Å². The molecule has 0 N–H and O–H groups in total. The predicted molar refractivity (Wildman–Crippen MR) is 91.3 cm³/mol. The molecular formula is C19H20N2O. The second-order valence-corrected chi connectivity index (χ2v) is 5.62. The third-order valence-corrected chi connectivity index (χ3v) is 3.90. The van der Waals surface area contributed by atoms with E-state index in [2.05, 4.69) is 41.6 Å². The zero-order chi connectivity index (χ0) is 15.5. The van der Waals surface area contributed by atoms with E-state index in [-0.39, 0.29) is 6.23 Å². The molecule has 0 aliphatic rings. The van der Waals surface area contributed by atoms with Gasteiger partial charge in [-0.1, -0.05) is 65.8 Å². The molecular weight excluding hydrogens is 272 g/mol. The van der Waals surface area contributed by atoms with E-state index in [4.69, 9.17) is 4.84 Å². The summed E-state index contributed by atoms with van der Waals surface area (Å²) in [4.78, 5) is 7.68. The molecule has 1 atom stereocenters. The van der Waals surface area contributed by atoms with Gasteiger partial charge in [-0.05, 0) is 31.8 Å². The molecule has 0 radical (unpaired) electrons. The highest BCUT2D eigenvalue weighted by Gasteiger charge is 2.05. The van der Waals surface area contributed by atoms with Crippen LogP contribution >= 0.6 is 0 Å². The van der Waals surface area contributed by atoms with Gasteiger partial charge in [0.1, 0.15) is 5.36 Å². The average molecular weight is 292 g/mol. The quantitative estimate of drug-likeness (QED) is 0.543. The van der Waals surface area contributed by atoms with Crippen molar-refractivity contribution < 1.29 is 4.84 Å². The van der Waals surface area contributed by atoms with E-state index in [1.807, 2.05) is 50.2 Å². The van der Waals surface area contributed by atoms with Crippen LogP contribution in [0.1, 0.15) is 6.92 Å². The Labute approximate surface area is 130 Å². The first-order valence-electron chi connectivity index (χ1n) is 7.44. The van der Waals surface area contributed by atoms with Crippen LogP contribution in [0.25, 0.3) is 21.5 Å².